The normalized spacial score (nSPS) is 23.6. The third-order valence-electron chi connectivity index (χ3n) is 3.57. The van der Waals surface area contributed by atoms with Gasteiger partial charge in [0.25, 0.3) is 0 Å². The third-order valence-corrected chi connectivity index (χ3v) is 5.60. The summed E-state index contributed by atoms with van der Waals surface area (Å²) in [6.45, 7) is 4.41. The summed E-state index contributed by atoms with van der Waals surface area (Å²) in [6, 6.07) is 5.76. The number of hydrogen-bond donors (Lipinski definition) is 1. The maximum atomic E-state index is 11.7. The quantitative estimate of drug-likeness (QED) is 0.924. The lowest BCUT2D eigenvalue weighted by atomic mass is 10.0. The molecule has 0 amide bonds. The van der Waals surface area contributed by atoms with E-state index in [4.69, 9.17) is 17.3 Å². The predicted octanol–water partition coefficient (Wildman–Crippen LogP) is 1.85. The van der Waals surface area contributed by atoms with E-state index in [9.17, 15) is 8.42 Å². The number of benzene rings is 1. The van der Waals surface area contributed by atoms with Crippen LogP contribution < -0.4 is 10.6 Å². The number of nitrogens with zero attached hydrogens (tertiary/aromatic N) is 1. The van der Waals surface area contributed by atoms with Crippen LogP contribution in [0.25, 0.3) is 0 Å². The number of sulfone groups is 1. The minimum Gasteiger partial charge on any atom is -0.367 e. The van der Waals surface area contributed by atoms with Crippen LogP contribution in [0.15, 0.2) is 18.2 Å². The molecule has 2 atom stereocenters. The summed E-state index contributed by atoms with van der Waals surface area (Å²) in [5.74, 6) is 0.388. The Balaban J connectivity index is 2.34. The Bertz CT molecular complexity index is 587. The number of rotatable bonds is 3. The van der Waals surface area contributed by atoms with Crippen LogP contribution in [-0.4, -0.2) is 38.6 Å². The standard InChI is InChI=1S/C14H21ClN2O2S/c1-10(16)7-12-3-4-13(15)8-14(12)17-5-6-20(18,19)9-11(17)2/h3-4,8,10-11H,5-7,9,16H2,1-2H3. The van der Waals surface area contributed by atoms with Crippen LogP contribution in [0.5, 0.6) is 0 Å². The van der Waals surface area contributed by atoms with Gasteiger partial charge < -0.3 is 10.6 Å². The van der Waals surface area contributed by atoms with Gasteiger partial charge in [0.1, 0.15) is 0 Å². The van der Waals surface area contributed by atoms with Gasteiger partial charge in [-0.15, -0.1) is 0 Å². The van der Waals surface area contributed by atoms with Gasteiger partial charge in [0, 0.05) is 29.3 Å². The molecule has 1 aromatic rings. The lowest BCUT2D eigenvalue weighted by Gasteiger charge is -2.36. The fraction of sp³-hybridized carbons (Fsp3) is 0.571. The van der Waals surface area contributed by atoms with E-state index >= 15 is 0 Å². The number of halogens is 1. The Kier molecular flexibility index (Phi) is 4.62. The van der Waals surface area contributed by atoms with E-state index in [-0.39, 0.29) is 23.6 Å². The van der Waals surface area contributed by atoms with Crippen molar-refractivity contribution in [1.29, 1.82) is 0 Å². The first-order chi connectivity index (χ1) is 9.28. The zero-order valence-electron chi connectivity index (χ0n) is 11.8. The molecule has 0 aromatic heterocycles. The summed E-state index contributed by atoms with van der Waals surface area (Å²) in [6.07, 6.45) is 0.752. The van der Waals surface area contributed by atoms with Crippen molar-refractivity contribution in [2.24, 2.45) is 5.73 Å². The molecule has 0 saturated carbocycles. The molecule has 1 fully saturated rings. The van der Waals surface area contributed by atoms with Crippen LogP contribution in [0, 0.1) is 0 Å². The zero-order chi connectivity index (χ0) is 14.9. The smallest absolute Gasteiger partial charge is 0.154 e. The van der Waals surface area contributed by atoms with Gasteiger partial charge in [0.05, 0.1) is 11.5 Å². The van der Waals surface area contributed by atoms with Crippen molar-refractivity contribution < 1.29 is 8.42 Å². The minimum absolute atomic E-state index is 0.0425. The van der Waals surface area contributed by atoms with Crippen LogP contribution in [0.2, 0.25) is 5.02 Å². The first-order valence-corrected chi connectivity index (χ1v) is 8.99. The van der Waals surface area contributed by atoms with Gasteiger partial charge in [-0.3, -0.25) is 0 Å². The second-order valence-electron chi connectivity index (χ2n) is 5.61. The molecule has 0 spiro atoms. The summed E-state index contributed by atoms with van der Waals surface area (Å²) in [4.78, 5) is 2.13. The van der Waals surface area contributed by atoms with E-state index in [2.05, 4.69) is 4.90 Å². The molecule has 2 unspecified atom stereocenters. The molecular formula is C14H21ClN2O2S. The summed E-state index contributed by atoms with van der Waals surface area (Å²) >= 11 is 6.10. The fourth-order valence-electron chi connectivity index (χ4n) is 2.68. The molecule has 2 rings (SSSR count). The average Bonchev–Trinajstić information content (AvgIpc) is 2.30. The van der Waals surface area contributed by atoms with Crippen LogP contribution in [-0.2, 0) is 16.3 Å². The molecule has 4 nitrogen and oxygen atoms in total. The first kappa shape index (κ1) is 15.6. The highest BCUT2D eigenvalue weighted by Gasteiger charge is 2.29. The summed E-state index contributed by atoms with van der Waals surface area (Å²) in [5.41, 5.74) is 8.02. The fourth-order valence-corrected chi connectivity index (χ4v) is 4.40. The Morgan fingerprint density at radius 1 is 1.50 bits per heavy atom. The average molecular weight is 317 g/mol. The van der Waals surface area contributed by atoms with Gasteiger partial charge >= 0.3 is 0 Å². The molecule has 1 aromatic carbocycles. The lowest BCUT2D eigenvalue weighted by Crippen LogP contribution is -2.47. The van der Waals surface area contributed by atoms with Crippen LogP contribution in [0.3, 0.4) is 0 Å². The largest absolute Gasteiger partial charge is 0.367 e. The maximum Gasteiger partial charge on any atom is 0.154 e. The van der Waals surface area contributed by atoms with Gasteiger partial charge in [0.15, 0.2) is 9.84 Å². The lowest BCUT2D eigenvalue weighted by molar-refractivity contribution is 0.567. The van der Waals surface area contributed by atoms with Crippen molar-refractivity contribution >= 4 is 27.1 Å². The van der Waals surface area contributed by atoms with Gasteiger partial charge in [-0.25, -0.2) is 8.42 Å². The van der Waals surface area contributed by atoms with Crippen molar-refractivity contribution in [3.8, 4) is 0 Å². The van der Waals surface area contributed by atoms with E-state index < -0.39 is 9.84 Å². The van der Waals surface area contributed by atoms with Crippen molar-refractivity contribution in [3.63, 3.8) is 0 Å². The molecule has 0 bridgehead atoms. The van der Waals surface area contributed by atoms with E-state index in [0.717, 1.165) is 17.7 Å². The first-order valence-electron chi connectivity index (χ1n) is 6.79. The molecule has 1 aliphatic rings. The molecular weight excluding hydrogens is 296 g/mol. The van der Waals surface area contributed by atoms with Gasteiger partial charge in [-0.1, -0.05) is 17.7 Å². The summed E-state index contributed by atoms with van der Waals surface area (Å²) in [5, 5.41) is 0.661. The highest BCUT2D eigenvalue weighted by atomic mass is 35.5. The van der Waals surface area contributed by atoms with E-state index in [1.165, 1.54) is 0 Å². The third kappa shape index (κ3) is 3.65. The van der Waals surface area contributed by atoms with Crippen molar-refractivity contribution in [2.45, 2.75) is 32.4 Å². The predicted molar refractivity (Wildman–Crippen MR) is 84.3 cm³/mol. The van der Waals surface area contributed by atoms with Crippen molar-refractivity contribution in [2.75, 3.05) is 23.0 Å². The zero-order valence-corrected chi connectivity index (χ0v) is 13.4. The summed E-state index contributed by atoms with van der Waals surface area (Å²) < 4.78 is 23.4. The van der Waals surface area contributed by atoms with Gasteiger partial charge in [-0.2, -0.15) is 0 Å². The molecule has 0 aliphatic carbocycles. The monoisotopic (exact) mass is 316 g/mol. The van der Waals surface area contributed by atoms with Gasteiger partial charge in [-0.05, 0) is 38.0 Å². The van der Waals surface area contributed by atoms with Crippen LogP contribution >= 0.6 is 11.6 Å². The van der Waals surface area contributed by atoms with Crippen molar-refractivity contribution in [3.05, 3.63) is 28.8 Å². The maximum absolute atomic E-state index is 11.7. The molecule has 1 saturated heterocycles. The van der Waals surface area contributed by atoms with E-state index in [1.54, 1.807) is 0 Å². The minimum atomic E-state index is -2.92. The van der Waals surface area contributed by atoms with Crippen LogP contribution in [0.4, 0.5) is 5.69 Å². The Hall–Kier alpha value is -0.780. The van der Waals surface area contributed by atoms with Gasteiger partial charge in [0.2, 0.25) is 0 Å². The molecule has 0 radical (unpaired) electrons. The molecule has 1 aliphatic heterocycles. The molecule has 6 heteroatoms. The Morgan fingerprint density at radius 3 is 2.80 bits per heavy atom. The van der Waals surface area contributed by atoms with E-state index in [0.29, 0.717) is 11.6 Å². The summed E-state index contributed by atoms with van der Waals surface area (Å²) in [7, 11) is -2.92. The van der Waals surface area contributed by atoms with E-state index in [1.807, 2.05) is 32.0 Å². The Labute approximate surface area is 125 Å². The van der Waals surface area contributed by atoms with Crippen LogP contribution in [0.1, 0.15) is 19.4 Å². The second kappa shape index (κ2) is 5.92. The number of hydrogen-bond acceptors (Lipinski definition) is 4. The Morgan fingerprint density at radius 2 is 2.20 bits per heavy atom. The van der Waals surface area contributed by atoms with Crippen molar-refractivity contribution in [1.82, 2.24) is 0 Å². The molecule has 20 heavy (non-hydrogen) atoms. The second-order valence-corrected chi connectivity index (χ2v) is 8.28. The molecule has 2 N–H and O–H groups in total. The SMILES string of the molecule is CC(N)Cc1ccc(Cl)cc1N1CCS(=O)(=O)CC1C. The number of anilines is 1. The molecule has 112 valence electrons. The topological polar surface area (TPSA) is 63.4 Å². The molecule has 1 heterocycles. The highest BCUT2D eigenvalue weighted by molar-refractivity contribution is 7.91. The highest BCUT2D eigenvalue weighted by Crippen LogP contribution is 2.29. The number of nitrogens with two attached hydrogens (primary N) is 1.